The van der Waals surface area contributed by atoms with Crippen LogP contribution in [0.15, 0.2) is 48.8 Å². The molecule has 0 saturated heterocycles. The summed E-state index contributed by atoms with van der Waals surface area (Å²) in [6, 6.07) is 12.8. The minimum Gasteiger partial charge on any atom is -0.321 e. The highest BCUT2D eigenvalue weighted by atomic mass is 14.8. The van der Waals surface area contributed by atoms with Gasteiger partial charge >= 0.3 is 0 Å². The van der Waals surface area contributed by atoms with Crippen molar-refractivity contribution < 1.29 is 0 Å². The lowest BCUT2D eigenvalue weighted by Crippen LogP contribution is -2.45. The molecule has 1 aromatic carbocycles. The van der Waals surface area contributed by atoms with Crippen LogP contribution in [0.5, 0.6) is 0 Å². The SMILES string of the molecule is Cc1ccncc1C1(N)CCCCC1c1ccccc1. The van der Waals surface area contributed by atoms with Gasteiger partial charge in [0, 0.05) is 23.9 Å². The van der Waals surface area contributed by atoms with Crippen molar-refractivity contribution in [1.82, 2.24) is 4.98 Å². The molecule has 1 aliphatic rings. The highest BCUT2D eigenvalue weighted by molar-refractivity contribution is 5.36. The normalized spacial score (nSPS) is 26.4. The molecule has 0 amide bonds. The predicted octanol–water partition coefficient (Wildman–Crippen LogP) is 3.90. The van der Waals surface area contributed by atoms with Crippen LogP contribution in [0.25, 0.3) is 0 Å². The van der Waals surface area contributed by atoms with Gasteiger partial charge in [-0.1, -0.05) is 43.2 Å². The number of nitrogens with zero attached hydrogens (tertiary/aromatic N) is 1. The van der Waals surface area contributed by atoms with Crippen LogP contribution in [0.3, 0.4) is 0 Å². The standard InChI is InChI=1S/C18H22N2/c1-14-10-12-20-13-17(14)18(19)11-6-5-9-16(18)15-7-3-2-4-8-15/h2-4,7-8,10,12-13,16H,5-6,9,11,19H2,1H3. The van der Waals surface area contributed by atoms with Crippen LogP contribution in [0.2, 0.25) is 0 Å². The summed E-state index contributed by atoms with van der Waals surface area (Å²) < 4.78 is 0. The van der Waals surface area contributed by atoms with E-state index in [-0.39, 0.29) is 5.54 Å². The quantitative estimate of drug-likeness (QED) is 0.895. The molecule has 1 fully saturated rings. The van der Waals surface area contributed by atoms with Gasteiger partial charge in [0.2, 0.25) is 0 Å². The first-order valence-electron chi connectivity index (χ1n) is 7.47. The van der Waals surface area contributed by atoms with Crippen LogP contribution in [-0.4, -0.2) is 4.98 Å². The molecule has 0 aliphatic heterocycles. The van der Waals surface area contributed by atoms with E-state index in [1.807, 2.05) is 12.4 Å². The molecule has 2 nitrogen and oxygen atoms in total. The molecule has 0 spiro atoms. The molecule has 2 N–H and O–H groups in total. The number of hydrogen-bond acceptors (Lipinski definition) is 2. The molecule has 1 heterocycles. The Morgan fingerprint density at radius 2 is 1.95 bits per heavy atom. The Hall–Kier alpha value is -1.67. The highest BCUT2D eigenvalue weighted by Crippen LogP contribution is 2.46. The van der Waals surface area contributed by atoms with Gasteiger partial charge in [-0.15, -0.1) is 0 Å². The molecule has 2 aromatic rings. The molecular formula is C18H22N2. The van der Waals surface area contributed by atoms with Gasteiger partial charge in [0.05, 0.1) is 0 Å². The largest absolute Gasteiger partial charge is 0.321 e. The molecule has 2 heteroatoms. The van der Waals surface area contributed by atoms with E-state index in [2.05, 4.69) is 48.3 Å². The minimum atomic E-state index is -0.280. The predicted molar refractivity (Wildman–Crippen MR) is 82.5 cm³/mol. The molecule has 1 aromatic heterocycles. The monoisotopic (exact) mass is 266 g/mol. The van der Waals surface area contributed by atoms with Gasteiger partial charge in [0.25, 0.3) is 0 Å². The van der Waals surface area contributed by atoms with Crippen molar-refractivity contribution in [1.29, 1.82) is 0 Å². The topological polar surface area (TPSA) is 38.9 Å². The maximum Gasteiger partial charge on any atom is 0.0497 e. The fourth-order valence-electron chi connectivity index (χ4n) is 3.62. The maximum atomic E-state index is 6.92. The number of hydrogen-bond donors (Lipinski definition) is 1. The van der Waals surface area contributed by atoms with E-state index in [1.165, 1.54) is 29.5 Å². The van der Waals surface area contributed by atoms with E-state index >= 15 is 0 Å². The molecular weight excluding hydrogens is 244 g/mol. The Bertz CT molecular complexity index is 579. The van der Waals surface area contributed by atoms with Crippen LogP contribution < -0.4 is 5.73 Å². The van der Waals surface area contributed by atoms with E-state index in [4.69, 9.17) is 5.73 Å². The van der Waals surface area contributed by atoms with E-state index in [0.29, 0.717) is 5.92 Å². The second-order valence-electron chi connectivity index (χ2n) is 5.94. The number of aromatic nitrogens is 1. The van der Waals surface area contributed by atoms with Crippen LogP contribution in [0.1, 0.15) is 48.3 Å². The summed E-state index contributed by atoms with van der Waals surface area (Å²) >= 11 is 0. The number of rotatable bonds is 2. The van der Waals surface area contributed by atoms with Crippen molar-refractivity contribution in [3.05, 3.63) is 65.5 Å². The second-order valence-corrected chi connectivity index (χ2v) is 5.94. The van der Waals surface area contributed by atoms with Gasteiger partial charge in [0.15, 0.2) is 0 Å². The van der Waals surface area contributed by atoms with Crippen LogP contribution >= 0.6 is 0 Å². The number of nitrogens with two attached hydrogens (primary N) is 1. The zero-order chi connectivity index (χ0) is 14.0. The lowest BCUT2D eigenvalue weighted by atomic mass is 9.66. The third-order valence-corrected chi connectivity index (χ3v) is 4.70. The van der Waals surface area contributed by atoms with Crippen molar-refractivity contribution in [3.63, 3.8) is 0 Å². The van der Waals surface area contributed by atoms with E-state index < -0.39 is 0 Å². The molecule has 1 saturated carbocycles. The third-order valence-electron chi connectivity index (χ3n) is 4.70. The Kier molecular flexibility index (Phi) is 3.58. The zero-order valence-electron chi connectivity index (χ0n) is 12.0. The number of aryl methyl sites for hydroxylation is 1. The minimum absolute atomic E-state index is 0.280. The van der Waals surface area contributed by atoms with Gasteiger partial charge in [-0.25, -0.2) is 0 Å². The molecule has 2 atom stereocenters. The van der Waals surface area contributed by atoms with E-state index in [0.717, 1.165) is 12.8 Å². The van der Waals surface area contributed by atoms with E-state index in [1.54, 1.807) is 0 Å². The molecule has 3 rings (SSSR count). The Morgan fingerprint density at radius 3 is 2.70 bits per heavy atom. The van der Waals surface area contributed by atoms with Crippen molar-refractivity contribution >= 4 is 0 Å². The number of benzene rings is 1. The van der Waals surface area contributed by atoms with Gasteiger partial charge in [-0.05, 0) is 42.5 Å². The highest BCUT2D eigenvalue weighted by Gasteiger charge is 2.40. The van der Waals surface area contributed by atoms with Crippen molar-refractivity contribution in [2.24, 2.45) is 5.73 Å². The summed E-state index contributed by atoms with van der Waals surface area (Å²) in [6.07, 6.45) is 8.49. The first-order valence-corrected chi connectivity index (χ1v) is 7.47. The first kappa shape index (κ1) is 13.3. The van der Waals surface area contributed by atoms with Crippen LogP contribution in [0.4, 0.5) is 0 Å². The zero-order valence-corrected chi connectivity index (χ0v) is 12.0. The first-order chi connectivity index (χ1) is 9.72. The van der Waals surface area contributed by atoms with Gasteiger partial charge in [0.1, 0.15) is 0 Å². The van der Waals surface area contributed by atoms with Crippen molar-refractivity contribution in [2.45, 2.75) is 44.1 Å². The Labute approximate surface area is 121 Å². The molecule has 2 unspecified atom stereocenters. The lowest BCUT2D eigenvalue weighted by molar-refractivity contribution is 0.253. The van der Waals surface area contributed by atoms with Crippen LogP contribution in [0, 0.1) is 6.92 Å². The van der Waals surface area contributed by atoms with E-state index in [9.17, 15) is 0 Å². The fourth-order valence-corrected chi connectivity index (χ4v) is 3.62. The molecule has 0 bridgehead atoms. The van der Waals surface area contributed by atoms with Crippen molar-refractivity contribution in [2.75, 3.05) is 0 Å². The van der Waals surface area contributed by atoms with Crippen molar-refractivity contribution in [3.8, 4) is 0 Å². The smallest absolute Gasteiger partial charge is 0.0497 e. The number of pyridine rings is 1. The van der Waals surface area contributed by atoms with Gasteiger partial charge < -0.3 is 5.73 Å². The fraction of sp³-hybridized carbons (Fsp3) is 0.389. The van der Waals surface area contributed by atoms with Gasteiger partial charge in [-0.3, -0.25) is 4.98 Å². The van der Waals surface area contributed by atoms with Gasteiger partial charge in [-0.2, -0.15) is 0 Å². The average molecular weight is 266 g/mol. The average Bonchev–Trinajstić information content (AvgIpc) is 2.49. The summed E-state index contributed by atoms with van der Waals surface area (Å²) in [5, 5.41) is 0. The second kappa shape index (κ2) is 5.37. The summed E-state index contributed by atoms with van der Waals surface area (Å²) in [5.74, 6) is 0.389. The maximum absolute atomic E-state index is 6.92. The Balaban J connectivity index is 2.06. The summed E-state index contributed by atoms with van der Waals surface area (Å²) in [5.41, 5.74) is 10.5. The lowest BCUT2D eigenvalue weighted by Gasteiger charge is -2.42. The molecule has 104 valence electrons. The molecule has 1 aliphatic carbocycles. The summed E-state index contributed by atoms with van der Waals surface area (Å²) in [4.78, 5) is 4.31. The summed E-state index contributed by atoms with van der Waals surface area (Å²) in [7, 11) is 0. The third kappa shape index (κ3) is 2.25. The molecule has 0 radical (unpaired) electrons. The Morgan fingerprint density at radius 1 is 1.15 bits per heavy atom. The van der Waals surface area contributed by atoms with Crippen LogP contribution in [-0.2, 0) is 5.54 Å². The summed E-state index contributed by atoms with van der Waals surface area (Å²) in [6.45, 7) is 2.14. The molecule has 20 heavy (non-hydrogen) atoms.